The standard InChI is InChI=1S/C7H12OSi.Li.H/c1-2-8-9-7-5-3-4-6-7;;/h3-5H,2,6,9H2,1H3;;/q;+1;-1. The Morgan fingerprint density at radius 2 is 2.60 bits per heavy atom. The molecule has 10 heavy (non-hydrogen) atoms. The Kier molecular flexibility index (Phi) is 6.15. The molecule has 0 amide bonds. The SMILES string of the molecule is CCO[SiH2]C1=CC=CC1.[H-].[Li+]. The van der Waals surface area contributed by atoms with Crippen molar-refractivity contribution in [3.05, 3.63) is 23.4 Å². The Balaban J connectivity index is 0. The molecule has 0 saturated heterocycles. The monoisotopic (exact) mass is 148 g/mol. The van der Waals surface area contributed by atoms with Gasteiger partial charge >= 0.3 is 18.9 Å². The molecular formula is C7H13LiOSi. The van der Waals surface area contributed by atoms with Gasteiger partial charge in [0.25, 0.3) is 0 Å². The smallest absolute Gasteiger partial charge is 1.00 e. The average Bonchev–Trinajstić information content (AvgIpc) is 2.34. The van der Waals surface area contributed by atoms with Gasteiger partial charge in [-0.2, -0.15) is 0 Å². The Bertz CT molecular complexity index is 147. The van der Waals surface area contributed by atoms with Crippen molar-refractivity contribution in [2.45, 2.75) is 13.3 Å². The number of allylic oxidation sites excluding steroid dienone is 4. The van der Waals surface area contributed by atoms with Crippen molar-refractivity contribution in [3.63, 3.8) is 0 Å². The van der Waals surface area contributed by atoms with Crippen molar-refractivity contribution in [1.82, 2.24) is 0 Å². The predicted octanol–water partition coefficient (Wildman–Crippen LogP) is -1.93. The van der Waals surface area contributed by atoms with E-state index in [9.17, 15) is 0 Å². The first kappa shape index (κ1) is 10.3. The van der Waals surface area contributed by atoms with Crippen LogP contribution in [-0.4, -0.2) is 16.4 Å². The number of hydrogen-bond donors (Lipinski definition) is 0. The first-order chi connectivity index (χ1) is 4.43. The zero-order valence-corrected chi connectivity index (χ0v) is 8.18. The summed E-state index contributed by atoms with van der Waals surface area (Å²) in [6, 6.07) is 0. The molecule has 0 atom stereocenters. The van der Waals surface area contributed by atoms with Crippen molar-refractivity contribution in [3.8, 4) is 0 Å². The minimum atomic E-state index is -0.314. The summed E-state index contributed by atoms with van der Waals surface area (Å²) in [5.41, 5.74) is 0. The maximum Gasteiger partial charge on any atom is 1.00 e. The number of rotatable bonds is 3. The molecule has 0 unspecified atom stereocenters. The fraction of sp³-hybridized carbons (Fsp3) is 0.429. The van der Waals surface area contributed by atoms with Gasteiger partial charge in [0.05, 0.1) is 0 Å². The molecule has 1 aliphatic carbocycles. The molecule has 0 aromatic carbocycles. The molecule has 0 radical (unpaired) electrons. The summed E-state index contributed by atoms with van der Waals surface area (Å²) >= 11 is 0. The van der Waals surface area contributed by atoms with E-state index in [0.717, 1.165) is 13.0 Å². The van der Waals surface area contributed by atoms with Crippen LogP contribution in [0.5, 0.6) is 0 Å². The fourth-order valence-electron chi connectivity index (χ4n) is 0.832. The molecule has 1 aliphatic rings. The third-order valence-electron chi connectivity index (χ3n) is 1.34. The first-order valence-electron chi connectivity index (χ1n) is 3.36. The van der Waals surface area contributed by atoms with Crippen molar-refractivity contribution >= 4 is 9.76 Å². The second-order valence-electron chi connectivity index (χ2n) is 2.09. The third-order valence-corrected chi connectivity index (χ3v) is 2.85. The van der Waals surface area contributed by atoms with Crippen LogP contribution in [0.15, 0.2) is 23.4 Å². The molecule has 1 rings (SSSR count). The molecule has 0 bridgehead atoms. The second-order valence-corrected chi connectivity index (χ2v) is 3.70. The first-order valence-corrected chi connectivity index (χ1v) is 4.64. The molecule has 0 spiro atoms. The molecule has 52 valence electrons. The Morgan fingerprint density at radius 1 is 1.80 bits per heavy atom. The van der Waals surface area contributed by atoms with Gasteiger partial charge in [-0.1, -0.05) is 23.4 Å². The molecule has 0 aromatic rings. The van der Waals surface area contributed by atoms with Gasteiger partial charge in [-0.25, -0.2) is 0 Å². The summed E-state index contributed by atoms with van der Waals surface area (Å²) in [4.78, 5) is 0. The molecule has 0 aromatic heterocycles. The van der Waals surface area contributed by atoms with Gasteiger partial charge in [-0.15, -0.1) is 0 Å². The quantitative estimate of drug-likeness (QED) is 0.423. The van der Waals surface area contributed by atoms with Gasteiger partial charge in [0.2, 0.25) is 0 Å². The topological polar surface area (TPSA) is 9.23 Å². The van der Waals surface area contributed by atoms with E-state index in [1.807, 2.05) is 0 Å². The normalized spacial score (nSPS) is 15.9. The predicted molar refractivity (Wildman–Crippen MR) is 43.1 cm³/mol. The van der Waals surface area contributed by atoms with E-state index in [2.05, 4.69) is 25.2 Å². The largest absolute Gasteiger partial charge is 1.00 e. The van der Waals surface area contributed by atoms with Crippen molar-refractivity contribution in [2.24, 2.45) is 0 Å². The molecule has 0 heterocycles. The van der Waals surface area contributed by atoms with Crippen LogP contribution in [0.25, 0.3) is 0 Å². The van der Waals surface area contributed by atoms with Crippen molar-refractivity contribution in [1.29, 1.82) is 0 Å². The van der Waals surface area contributed by atoms with Crippen LogP contribution in [0.3, 0.4) is 0 Å². The number of hydrogen-bond acceptors (Lipinski definition) is 1. The van der Waals surface area contributed by atoms with Gasteiger partial charge in [0.1, 0.15) is 0 Å². The van der Waals surface area contributed by atoms with E-state index < -0.39 is 0 Å². The Hall–Kier alpha value is 0.254. The van der Waals surface area contributed by atoms with E-state index in [1.54, 1.807) is 0 Å². The summed E-state index contributed by atoms with van der Waals surface area (Å²) in [6.07, 6.45) is 7.62. The van der Waals surface area contributed by atoms with Crippen LogP contribution in [0, 0.1) is 0 Å². The van der Waals surface area contributed by atoms with E-state index in [0.29, 0.717) is 0 Å². The van der Waals surface area contributed by atoms with Crippen LogP contribution in [0.2, 0.25) is 0 Å². The van der Waals surface area contributed by atoms with Crippen molar-refractivity contribution in [2.75, 3.05) is 6.61 Å². The summed E-state index contributed by atoms with van der Waals surface area (Å²) in [7, 11) is -0.314. The maximum atomic E-state index is 5.35. The molecule has 3 heteroatoms. The maximum absolute atomic E-state index is 5.35. The molecule has 0 N–H and O–H groups in total. The zero-order valence-electron chi connectivity index (χ0n) is 7.76. The van der Waals surface area contributed by atoms with Gasteiger partial charge in [0, 0.05) is 6.61 Å². The Morgan fingerprint density at radius 3 is 3.10 bits per heavy atom. The summed E-state index contributed by atoms with van der Waals surface area (Å²) in [5.74, 6) is 0. The fourth-order valence-corrected chi connectivity index (χ4v) is 1.81. The van der Waals surface area contributed by atoms with Crippen LogP contribution in [0.4, 0.5) is 0 Å². The van der Waals surface area contributed by atoms with E-state index in [-0.39, 0.29) is 30.1 Å². The minimum Gasteiger partial charge on any atom is -1.00 e. The summed E-state index contributed by atoms with van der Waals surface area (Å²) in [5, 5.41) is 1.52. The molecule has 0 fully saturated rings. The van der Waals surface area contributed by atoms with Crippen LogP contribution < -0.4 is 18.9 Å². The van der Waals surface area contributed by atoms with E-state index in [4.69, 9.17) is 4.43 Å². The zero-order chi connectivity index (χ0) is 6.53. The minimum absolute atomic E-state index is 0. The average molecular weight is 148 g/mol. The van der Waals surface area contributed by atoms with Crippen LogP contribution in [0.1, 0.15) is 14.8 Å². The van der Waals surface area contributed by atoms with Crippen molar-refractivity contribution < 1.29 is 24.7 Å². The van der Waals surface area contributed by atoms with Crippen LogP contribution in [-0.2, 0) is 4.43 Å². The van der Waals surface area contributed by atoms with E-state index in [1.165, 1.54) is 5.20 Å². The third kappa shape index (κ3) is 3.43. The van der Waals surface area contributed by atoms with Gasteiger partial charge in [0.15, 0.2) is 9.76 Å². The Labute approximate surface area is 78.1 Å². The second kappa shape index (κ2) is 6.00. The van der Waals surface area contributed by atoms with Gasteiger partial charge in [-0.05, 0) is 13.3 Å². The summed E-state index contributed by atoms with van der Waals surface area (Å²) < 4.78 is 5.35. The summed E-state index contributed by atoms with van der Waals surface area (Å²) in [6.45, 7) is 2.93. The molecule has 0 aliphatic heterocycles. The van der Waals surface area contributed by atoms with Gasteiger partial charge < -0.3 is 5.85 Å². The molecule has 0 saturated carbocycles. The van der Waals surface area contributed by atoms with Crippen LogP contribution >= 0.6 is 0 Å². The van der Waals surface area contributed by atoms with Gasteiger partial charge in [-0.3, -0.25) is 0 Å². The van der Waals surface area contributed by atoms with E-state index >= 15 is 0 Å². The molecule has 1 nitrogen and oxygen atoms in total. The molecular weight excluding hydrogens is 135 g/mol.